The SMILES string of the molecule is Cl.Cn1c(=O)c(Oc2ccc(F)cc2F)cc2cnc(NC(C)(C)CO)nc21. The van der Waals surface area contributed by atoms with Crippen molar-refractivity contribution in [3.8, 4) is 11.5 Å². The van der Waals surface area contributed by atoms with Crippen LogP contribution in [-0.4, -0.2) is 31.8 Å². The van der Waals surface area contributed by atoms with E-state index in [1.807, 2.05) is 0 Å². The lowest BCUT2D eigenvalue weighted by molar-refractivity contribution is 0.233. The van der Waals surface area contributed by atoms with Crippen molar-refractivity contribution in [2.75, 3.05) is 11.9 Å². The quantitative estimate of drug-likeness (QED) is 0.669. The summed E-state index contributed by atoms with van der Waals surface area (Å²) in [6.45, 7) is 3.41. The Bertz CT molecular complexity index is 1070. The normalized spacial score (nSPS) is 11.2. The van der Waals surface area contributed by atoms with Gasteiger partial charge in [-0.2, -0.15) is 4.98 Å². The second-order valence-electron chi connectivity index (χ2n) is 6.69. The van der Waals surface area contributed by atoms with Gasteiger partial charge in [0.05, 0.1) is 12.1 Å². The van der Waals surface area contributed by atoms with Crippen molar-refractivity contribution >= 4 is 29.4 Å². The van der Waals surface area contributed by atoms with Gasteiger partial charge < -0.3 is 15.2 Å². The second kappa shape index (κ2) is 8.07. The number of aliphatic hydroxyl groups excluding tert-OH is 1. The Morgan fingerprint density at radius 3 is 2.61 bits per heavy atom. The molecule has 10 heteroatoms. The van der Waals surface area contributed by atoms with Gasteiger partial charge in [0.25, 0.3) is 5.56 Å². The largest absolute Gasteiger partial charge is 0.448 e. The molecule has 0 aliphatic carbocycles. The number of nitrogens with one attached hydrogen (secondary N) is 1. The first-order valence-corrected chi connectivity index (χ1v) is 8.09. The molecule has 2 aromatic heterocycles. The van der Waals surface area contributed by atoms with E-state index >= 15 is 0 Å². The lowest BCUT2D eigenvalue weighted by Crippen LogP contribution is -2.35. The van der Waals surface area contributed by atoms with Gasteiger partial charge >= 0.3 is 0 Å². The summed E-state index contributed by atoms with van der Waals surface area (Å²) in [5, 5.41) is 12.8. The van der Waals surface area contributed by atoms with Crippen LogP contribution in [0.4, 0.5) is 14.7 Å². The van der Waals surface area contributed by atoms with Crippen molar-refractivity contribution in [1.29, 1.82) is 0 Å². The van der Waals surface area contributed by atoms with Crippen LogP contribution in [0.5, 0.6) is 11.5 Å². The highest BCUT2D eigenvalue weighted by molar-refractivity contribution is 5.85. The maximum atomic E-state index is 13.8. The summed E-state index contributed by atoms with van der Waals surface area (Å²) in [5.41, 5.74) is -0.856. The molecular weight excluding hydrogens is 394 g/mol. The van der Waals surface area contributed by atoms with Crippen LogP contribution in [0.15, 0.2) is 35.3 Å². The molecule has 3 aromatic rings. The van der Waals surface area contributed by atoms with Crippen LogP contribution in [0, 0.1) is 11.6 Å². The molecule has 0 saturated heterocycles. The zero-order valence-corrected chi connectivity index (χ0v) is 16.2. The maximum Gasteiger partial charge on any atom is 0.294 e. The van der Waals surface area contributed by atoms with E-state index < -0.39 is 22.7 Å². The van der Waals surface area contributed by atoms with Crippen molar-refractivity contribution < 1.29 is 18.6 Å². The van der Waals surface area contributed by atoms with Gasteiger partial charge in [0.15, 0.2) is 17.3 Å². The van der Waals surface area contributed by atoms with Gasteiger partial charge in [0.1, 0.15) is 11.5 Å². The highest BCUT2D eigenvalue weighted by Crippen LogP contribution is 2.25. The number of pyridine rings is 1. The third-order valence-corrected chi connectivity index (χ3v) is 3.87. The predicted octanol–water partition coefficient (Wildman–Crippen LogP) is 3.00. The highest BCUT2D eigenvalue weighted by Gasteiger charge is 2.18. The zero-order valence-electron chi connectivity index (χ0n) is 15.4. The monoisotopic (exact) mass is 412 g/mol. The molecule has 0 amide bonds. The first-order chi connectivity index (χ1) is 12.7. The molecule has 28 heavy (non-hydrogen) atoms. The van der Waals surface area contributed by atoms with Crippen molar-refractivity contribution in [3.63, 3.8) is 0 Å². The van der Waals surface area contributed by atoms with Crippen LogP contribution in [-0.2, 0) is 7.05 Å². The predicted molar refractivity (Wildman–Crippen MR) is 103 cm³/mol. The Morgan fingerprint density at radius 2 is 1.96 bits per heavy atom. The molecule has 0 unspecified atom stereocenters. The molecule has 2 heterocycles. The van der Waals surface area contributed by atoms with E-state index in [1.165, 1.54) is 23.9 Å². The van der Waals surface area contributed by atoms with E-state index in [9.17, 15) is 18.7 Å². The number of benzene rings is 1. The number of aryl methyl sites for hydroxylation is 1. The van der Waals surface area contributed by atoms with Crippen molar-refractivity contribution in [1.82, 2.24) is 14.5 Å². The average Bonchev–Trinajstić information content (AvgIpc) is 2.62. The highest BCUT2D eigenvalue weighted by atomic mass is 35.5. The Morgan fingerprint density at radius 1 is 1.25 bits per heavy atom. The minimum atomic E-state index is -0.917. The van der Waals surface area contributed by atoms with E-state index in [-0.39, 0.29) is 36.5 Å². The molecule has 0 radical (unpaired) electrons. The van der Waals surface area contributed by atoms with E-state index in [4.69, 9.17) is 4.74 Å². The summed E-state index contributed by atoms with van der Waals surface area (Å²) in [6, 6.07) is 4.20. The minimum absolute atomic E-state index is 0. The molecule has 0 fully saturated rings. The average molecular weight is 413 g/mol. The Hall–Kier alpha value is -2.78. The Kier molecular flexibility index (Phi) is 6.20. The molecule has 0 aliphatic rings. The van der Waals surface area contributed by atoms with Gasteiger partial charge in [-0.05, 0) is 32.0 Å². The third-order valence-electron chi connectivity index (χ3n) is 3.87. The van der Waals surface area contributed by atoms with Crippen molar-refractivity contribution in [3.05, 3.63) is 52.5 Å². The van der Waals surface area contributed by atoms with Gasteiger partial charge in [0, 0.05) is 24.7 Å². The van der Waals surface area contributed by atoms with E-state index in [2.05, 4.69) is 15.3 Å². The number of rotatable bonds is 5. The summed E-state index contributed by atoms with van der Waals surface area (Å²) in [6.07, 6.45) is 1.48. The van der Waals surface area contributed by atoms with Gasteiger partial charge in [-0.1, -0.05) is 0 Å². The van der Waals surface area contributed by atoms with Crippen LogP contribution >= 0.6 is 12.4 Å². The standard InChI is InChI=1S/C18H18F2N4O3.ClH/c1-18(2,9-25)23-17-21-8-10-6-14(16(26)24(3)15(10)22-17)27-13-5-4-11(19)7-12(13)20;/h4-8,25H,9H2,1-3H3,(H,21,22,23);1H. The summed E-state index contributed by atoms with van der Waals surface area (Å²) in [4.78, 5) is 21.0. The number of hydrogen-bond acceptors (Lipinski definition) is 6. The Balaban J connectivity index is 0.00000280. The fraction of sp³-hybridized carbons (Fsp3) is 0.278. The molecule has 2 N–H and O–H groups in total. The van der Waals surface area contributed by atoms with Crippen LogP contribution in [0.1, 0.15) is 13.8 Å². The number of nitrogens with zero attached hydrogens (tertiary/aromatic N) is 3. The molecule has 1 aromatic carbocycles. The summed E-state index contributed by atoms with van der Waals surface area (Å²) in [5.74, 6) is -1.83. The number of aliphatic hydroxyl groups is 1. The first kappa shape index (κ1) is 21.5. The maximum absolute atomic E-state index is 13.8. The number of anilines is 1. The molecule has 0 spiro atoms. The summed E-state index contributed by atoms with van der Waals surface area (Å²) in [7, 11) is 1.49. The number of aromatic nitrogens is 3. The number of ether oxygens (including phenoxy) is 1. The molecule has 150 valence electrons. The fourth-order valence-electron chi connectivity index (χ4n) is 2.37. The summed E-state index contributed by atoms with van der Waals surface area (Å²) < 4.78 is 33.4. The van der Waals surface area contributed by atoms with E-state index in [0.717, 1.165) is 12.1 Å². The molecule has 0 bridgehead atoms. The molecule has 0 saturated carbocycles. The lowest BCUT2D eigenvalue weighted by Gasteiger charge is -2.23. The van der Waals surface area contributed by atoms with Crippen LogP contribution < -0.4 is 15.6 Å². The number of halogens is 3. The first-order valence-electron chi connectivity index (χ1n) is 8.09. The molecule has 7 nitrogen and oxygen atoms in total. The van der Waals surface area contributed by atoms with Gasteiger partial charge in [-0.15, -0.1) is 12.4 Å². The van der Waals surface area contributed by atoms with Crippen LogP contribution in [0.25, 0.3) is 11.0 Å². The molecule has 0 atom stereocenters. The van der Waals surface area contributed by atoms with Gasteiger partial charge in [0.2, 0.25) is 5.95 Å². The number of hydrogen-bond donors (Lipinski definition) is 2. The number of fused-ring (bicyclic) bond motifs is 1. The smallest absolute Gasteiger partial charge is 0.294 e. The van der Waals surface area contributed by atoms with Crippen molar-refractivity contribution in [2.24, 2.45) is 7.05 Å². The fourth-order valence-corrected chi connectivity index (χ4v) is 2.37. The topological polar surface area (TPSA) is 89.3 Å². The van der Waals surface area contributed by atoms with Crippen LogP contribution in [0.3, 0.4) is 0 Å². The van der Waals surface area contributed by atoms with Gasteiger partial charge in [-0.3, -0.25) is 9.36 Å². The van der Waals surface area contributed by atoms with E-state index in [1.54, 1.807) is 13.8 Å². The van der Waals surface area contributed by atoms with Gasteiger partial charge in [-0.25, -0.2) is 13.8 Å². The second-order valence-corrected chi connectivity index (χ2v) is 6.69. The molecular formula is C18H19ClF2N4O3. The third kappa shape index (κ3) is 4.37. The Labute approximate surface area is 165 Å². The van der Waals surface area contributed by atoms with Crippen molar-refractivity contribution in [2.45, 2.75) is 19.4 Å². The zero-order chi connectivity index (χ0) is 19.8. The lowest BCUT2D eigenvalue weighted by atomic mass is 10.1. The molecule has 0 aliphatic heterocycles. The molecule has 3 rings (SSSR count). The van der Waals surface area contributed by atoms with Crippen LogP contribution in [0.2, 0.25) is 0 Å². The summed E-state index contributed by atoms with van der Waals surface area (Å²) >= 11 is 0. The van der Waals surface area contributed by atoms with E-state index in [0.29, 0.717) is 17.1 Å². The minimum Gasteiger partial charge on any atom is -0.448 e.